The van der Waals surface area contributed by atoms with Crippen LogP contribution in [0.4, 0.5) is 0 Å². The van der Waals surface area contributed by atoms with E-state index in [1.54, 1.807) is 14.2 Å². The van der Waals surface area contributed by atoms with Crippen molar-refractivity contribution in [3.05, 3.63) is 35.4 Å². The van der Waals surface area contributed by atoms with Gasteiger partial charge in [0.25, 0.3) is 0 Å². The van der Waals surface area contributed by atoms with Crippen LogP contribution in [-0.2, 0) is 4.57 Å². The molecule has 3 rings (SSSR count). The summed E-state index contributed by atoms with van der Waals surface area (Å²) in [5.74, 6) is 1.98. The molecule has 0 amide bonds. The zero-order chi connectivity index (χ0) is 21.7. The fraction of sp³-hybridized carbons (Fsp3) is 0.500. The third-order valence-corrected chi connectivity index (χ3v) is 10.3. The molecule has 0 fully saturated rings. The van der Waals surface area contributed by atoms with Crippen LogP contribution in [0, 0.1) is 19.8 Å². The second-order valence-corrected chi connectivity index (χ2v) is 12.8. The molecule has 0 aromatic heterocycles. The van der Waals surface area contributed by atoms with E-state index in [1.807, 2.05) is 52.8 Å². The van der Waals surface area contributed by atoms with E-state index in [4.69, 9.17) is 14.2 Å². The fourth-order valence-electron chi connectivity index (χ4n) is 4.49. The van der Waals surface area contributed by atoms with Crippen molar-refractivity contribution in [2.24, 2.45) is 5.92 Å². The number of ether oxygens (including phenoxy) is 3. The molecule has 0 spiro atoms. The standard InChI is InChI=1S/C24H33O4P/c1-14(2)23-28-18-12-10-11-17(22(18)29(23,25)24(5,6)7)19-20(26-8)15(3)13-16(4)21(19)27-9/h10-14,23H,1-9H3/t23-,29+/m0/s1. The summed E-state index contributed by atoms with van der Waals surface area (Å²) in [6, 6.07) is 7.96. The summed E-state index contributed by atoms with van der Waals surface area (Å²) in [6.07, 6.45) is 0. The Morgan fingerprint density at radius 3 is 2.03 bits per heavy atom. The smallest absolute Gasteiger partial charge is 0.163 e. The Labute approximate surface area is 174 Å². The van der Waals surface area contributed by atoms with Gasteiger partial charge in [-0.2, -0.15) is 0 Å². The van der Waals surface area contributed by atoms with Gasteiger partial charge in [0, 0.05) is 10.7 Å². The Kier molecular flexibility index (Phi) is 5.55. The maximum Gasteiger partial charge on any atom is 0.163 e. The van der Waals surface area contributed by atoms with Crippen LogP contribution in [0.3, 0.4) is 0 Å². The van der Waals surface area contributed by atoms with Crippen LogP contribution in [-0.4, -0.2) is 25.2 Å². The Hall–Kier alpha value is -1.93. The van der Waals surface area contributed by atoms with Crippen molar-refractivity contribution in [2.45, 2.75) is 59.5 Å². The third-order valence-electron chi connectivity index (χ3n) is 5.79. The largest absolute Gasteiger partial charge is 0.496 e. The maximum absolute atomic E-state index is 14.8. The number of hydrogen-bond donors (Lipinski definition) is 0. The fourth-order valence-corrected chi connectivity index (χ4v) is 8.28. The second kappa shape index (κ2) is 7.40. The van der Waals surface area contributed by atoms with Gasteiger partial charge >= 0.3 is 0 Å². The molecule has 1 aliphatic rings. The summed E-state index contributed by atoms with van der Waals surface area (Å²) in [5, 5.41) is 0.371. The molecular weight excluding hydrogens is 383 g/mol. The minimum absolute atomic E-state index is 0.128. The SMILES string of the molecule is COc1c(C)cc(C)c(OC)c1-c1cccc2c1[P@](=O)(C(C)(C)C)[C@@H](C(C)C)O2. The van der Waals surface area contributed by atoms with Crippen molar-refractivity contribution in [1.29, 1.82) is 0 Å². The van der Waals surface area contributed by atoms with Crippen molar-refractivity contribution in [2.75, 3.05) is 14.2 Å². The Balaban J connectivity index is 2.46. The predicted octanol–water partition coefficient (Wildman–Crippen LogP) is 6.15. The monoisotopic (exact) mass is 416 g/mol. The summed E-state index contributed by atoms with van der Waals surface area (Å²) < 4.78 is 32.7. The highest BCUT2D eigenvalue weighted by molar-refractivity contribution is 7.74. The van der Waals surface area contributed by atoms with Crippen LogP contribution >= 0.6 is 7.14 Å². The predicted molar refractivity (Wildman–Crippen MR) is 121 cm³/mol. The topological polar surface area (TPSA) is 44.8 Å². The highest BCUT2D eigenvalue weighted by atomic mass is 31.2. The summed E-state index contributed by atoms with van der Waals surface area (Å²) >= 11 is 0. The maximum atomic E-state index is 14.8. The van der Waals surface area contributed by atoms with E-state index >= 15 is 0 Å². The van der Waals surface area contributed by atoms with Gasteiger partial charge in [-0.15, -0.1) is 0 Å². The van der Waals surface area contributed by atoms with E-state index in [0.29, 0.717) is 5.75 Å². The lowest BCUT2D eigenvalue weighted by Gasteiger charge is -2.34. The van der Waals surface area contributed by atoms with Crippen LogP contribution in [0.15, 0.2) is 24.3 Å². The van der Waals surface area contributed by atoms with Gasteiger partial charge in [0.15, 0.2) is 13.0 Å². The number of hydrogen-bond acceptors (Lipinski definition) is 4. The van der Waals surface area contributed by atoms with E-state index in [9.17, 15) is 4.57 Å². The average molecular weight is 416 g/mol. The first-order valence-electron chi connectivity index (χ1n) is 10.1. The Morgan fingerprint density at radius 1 is 1.03 bits per heavy atom. The lowest BCUT2D eigenvalue weighted by Crippen LogP contribution is -2.31. The van der Waals surface area contributed by atoms with Gasteiger partial charge < -0.3 is 18.8 Å². The van der Waals surface area contributed by atoms with Crippen LogP contribution in [0.2, 0.25) is 0 Å². The molecule has 2 aromatic rings. The number of methoxy groups -OCH3 is 2. The second-order valence-electron chi connectivity index (χ2n) is 9.19. The summed E-state index contributed by atoms with van der Waals surface area (Å²) in [6.45, 7) is 14.3. The van der Waals surface area contributed by atoms with Crippen molar-refractivity contribution in [1.82, 2.24) is 0 Å². The quantitative estimate of drug-likeness (QED) is 0.561. The molecular formula is C24H33O4P. The normalized spacial score (nSPS) is 21.1. The molecule has 4 nitrogen and oxygen atoms in total. The molecule has 0 aliphatic carbocycles. The van der Waals surface area contributed by atoms with E-state index in [-0.39, 0.29) is 11.8 Å². The molecule has 0 saturated carbocycles. The molecule has 2 atom stereocenters. The molecule has 0 N–H and O–H groups in total. The molecule has 0 bridgehead atoms. The Bertz CT molecular complexity index is 957. The minimum Gasteiger partial charge on any atom is -0.496 e. The molecule has 29 heavy (non-hydrogen) atoms. The van der Waals surface area contributed by atoms with Gasteiger partial charge in [-0.05, 0) is 43.0 Å². The average Bonchev–Trinajstić information content (AvgIpc) is 2.96. The summed E-state index contributed by atoms with van der Waals surface area (Å²) in [4.78, 5) is 0. The van der Waals surface area contributed by atoms with E-state index in [1.165, 1.54) is 0 Å². The molecule has 0 saturated heterocycles. The lowest BCUT2D eigenvalue weighted by molar-refractivity contribution is 0.232. The summed E-state index contributed by atoms with van der Waals surface area (Å²) in [5.41, 5.74) is 3.76. The zero-order valence-corrected chi connectivity index (χ0v) is 19.9. The first kappa shape index (κ1) is 21.8. The molecule has 0 unspecified atom stereocenters. The van der Waals surface area contributed by atoms with Crippen molar-refractivity contribution in [3.63, 3.8) is 0 Å². The van der Waals surface area contributed by atoms with Gasteiger partial charge in [0.2, 0.25) is 0 Å². The van der Waals surface area contributed by atoms with E-state index in [0.717, 1.165) is 39.1 Å². The van der Waals surface area contributed by atoms with Crippen LogP contribution in [0.25, 0.3) is 11.1 Å². The molecule has 0 radical (unpaired) electrons. The highest BCUT2D eigenvalue weighted by Crippen LogP contribution is 2.68. The van der Waals surface area contributed by atoms with E-state index in [2.05, 4.69) is 19.9 Å². The third kappa shape index (κ3) is 3.17. The zero-order valence-electron chi connectivity index (χ0n) is 19.0. The van der Waals surface area contributed by atoms with Gasteiger partial charge in [-0.1, -0.05) is 46.8 Å². The molecule has 5 heteroatoms. The van der Waals surface area contributed by atoms with Gasteiger partial charge in [-0.25, -0.2) is 0 Å². The summed E-state index contributed by atoms with van der Waals surface area (Å²) in [7, 11) is 0.397. The van der Waals surface area contributed by atoms with Crippen LogP contribution in [0.5, 0.6) is 17.2 Å². The van der Waals surface area contributed by atoms with Crippen LogP contribution in [0.1, 0.15) is 45.7 Å². The number of fused-ring (bicyclic) bond motifs is 1. The first-order valence-corrected chi connectivity index (χ1v) is 11.9. The molecule has 2 aromatic carbocycles. The van der Waals surface area contributed by atoms with Crippen LogP contribution < -0.4 is 19.5 Å². The van der Waals surface area contributed by atoms with Gasteiger partial charge in [0.05, 0.1) is 25.1 Å². The van der Waals surface area contributed by atoms with Crippen molar-refractivity contribution in [3.8, 4) is 28.4 Å². The lowest BCUT2D eigenvalue weighted by atomic mass is 9.97. The van der Waals surface area contributed by atoms with Crippen molar-refractivity contribution < 1.29 is 18.8 Å². The number of rotatable bonds is 4. The molecule has 1 aliphatic heterocycles. The first-order chi connectivity index (χ1) is 13.5. The number of benzene rings is 2. The van der Waals surface area contributed by atoms with Gasteiger partial charge in [-0.3, -0.25) is 0 Å². The van der Waals surface area contributed by atoms with Crippen molar-refractivity contribution >= 4 is 12.4 Å². The van der Waals surface area contributed by atoms with Gasteiger partial charge in [0.1, 0.15) is 17.2 Å². The molecule has 1 heterocycles. The Morgan fingerprint density at radius 2 is 1.59 bits per heavy atom. The minimum atomic E-state index is -2.94. The van der Waals surface area contributed by atoms with E-state index < -0.39 is 12.3 Å². The highest BCUT2D eigenvalue weighted by Gasteiger charge is 2.54. The molecule has 158 valence electrons. The number of aryl methyl sites for hydroxylation is 2.